The first-order chi connectivity index (χ1) is 42.5. The quantitative estimate of drug-likeness (QED) is 0.195. The molecule has 0 aromatic heterocycles. The van der Waals surface area contributed by atoms with E-state index in [2.05, 4.69) is 21.3 Å². The minimum Gasteiger partial charge on any atom is -0.343 e. The third kappa shape index (κ3) is 22.5. The van der Waals surface area contributed by atoms with Crippen molar-refractivity contribution in [3.63, 3.8) is 0 Å². The lowest BCUT2D eigenvalue weighted by Crippen LogP contribution is -2.63. The first kappa shape index (κ1) is 78.9. The molecule has 4 N–H and O–H groups in total. The summed E-state index contributed by atoms with van der Waals surface area (Å²) in [5.41, 5.74) is -0.987. The average molecular weight is 1320 g/mol. The van der Waals surface area contributed by atoms with Gasteiger partial charge in [-0.25, -0.2) is 0 Å². The highest BCUT2D eigenvalue weighted by molar-refractivity contribution is 6.31. The summed E-state index contributed by atoms with van der Waals surface area (Å²) in [6, 6.07) is 1.90. The summed E-state index contributed by atoms with van der Waals surface area (Å²) in [7, 11) is 9.71. The number of carbonyl (C=O) groups excluding carboxylic acids is 11. The predicted molar refractivity (Wildman–Crippen MR) is 345 cm³/mol. The fourth-order valence-electron chi connectivity index (χ4n) is 10.5. The summed E-state index contributed by atoms with van der Waals surface area (Å²) in [6.07, 6.45) is -4.69. The van der Waals surface area contributed by atoms with Gasteiger partial charge in [0.15, 0.2) is 0 Å². The van der Waals surface area contributed by atoms with E-state index >= 15 is 0 Å². The fourth-order valence-corrected chi connectivity index (χ4v) is 10.8. The Hall–Kier alpha value is -7.31. The van der Waals surface area contributed by atoms with Gasteiger partial charge >= 0.3 is 6.18 Å². The van der Waals surface area contributed by atoms with E-state index < -0.39 is 155 Å². The van der Waals surface area contributed by atoms with Crippen LogP contribution in [0.1, 0.15) is 137 Å². The Balaban J connectivity index is 2.24. The predicted octanol–water partition coefficient (Wildman–Crippen LogP) is 5.48. The molecule has 2 aromatic rings. The normalized spacial score (nSPS) is 23.5. The summed E-state index contributed by atoms with van der Waals surface area (Å²) in [5.74, 6) is -8.62. The first-order valence-electron chi connectivity index (χ1n) is 31.5. The van der Waals surface area contributed by atoms with Crippen LogP contribution in [0, 0.1) is 30.6 Å². The van der Waals surface area contributed by atoms with E-state index in [1.54, 1.807) is 39.8 Å². The molecule has 0 saturated carbocycles. The number of alkyl halides is 3. The number of benzene rings is 2. The van der Waals surface area contributed by atoms with Crippen LogP contribution in [-0.4, -0.2) is 216 Å². The second-order valence-electron chi connectivity index (χ2n) is 26.6. The third-order valence-corrected chi connectivity index (χ3v) is 17.5. The Morgan fingerprint density at radius 3 is 1.63 bits per heavy atom. The molecule has 514 valence electrons. The van der Waals surface area contributed by atoms with Crippen molar-refractivity contribution in [3.8, 4) is 0 Å². The molecule has 3 rings (SSSR count). The highest BCUT2D eigenvalue weighted by atomic mass is 35.5. The molecule has 1 fully saturated rings. The second kappa shape index (κ2) is 34.6. The van der Waals surface area contributed by atoms with Crippen molar-refractivity contribution in [2.45, 2.75) is 188 Å². The molecule has 8 atom stereocenters. The average Bonchev–Trinajstić information content (AvgIpc) is 3.63. The van der Waals surface area contributed by atoms with Crippen LogP contribution in [0.3, 0.4) is 0 Å². The molecule has 26 heteroatoms. The monoisotopic (exact) mass is 1320 g/mol. The van der Waals surface area contributed by atoms with Crippen molar-refractivity contribution in [1.29, 1.82) is 0 Å². The van der Waals surface area contributed by atoms with Crippen LogP contribution in [0.2, 0.25) is 5.02 Å². The SMILES string of the molecule is CC[C@H](C)[C@@H]1NC(=O)[C@H](CC(C)C)N(C)C(=O)C[C@@H](C)N(C)C(=O)[C@H](CC(C)C)NC(=O)C(C)(C)N(C)C(=O)[C@H](CC(C)C)NC(=O)[C@H](CCc2ccc(C(F)(F)F)c(Cl)c2)NC(=O)CN(C)C(=O)[C@H](Cc2ccc(C)cc2)N(C)C(=O)CN(C)C(=O)CN(C)C1=O. The number of amides is 11. The highest BCUT2D eigenvalue weighted by Gasteiger charge is 2.43. The maximum Gasteiger partial charge on any atom is 0.417 e. The summed E-state index contributed by atoms with van der Waals surface area (Å²) in [4.78, 5) is 167. The molecule has 1 aliphatic heterocycles. The number of halogens is 4. The molecule has 0 radical (unpaired) electrons. The zero-order valence-electron chi connectivity index (χ0n) is 57.3. The highest BCUT2D eigenvalue weighted by Crippen LogP contribution is 2.35. The van der Waals surface area contributed by atoms with Crippen LogP contribution >= 0.6 is 11.6 Å². The molecule has 1 aliphatic rings. The van der Waals surface area contributed by atoms with Crippen molar-refractivity contribution >= 4 is 76.6 Å². The maximum atomic E-state index is 14.8. The molecule has 0 aliphatic carbocycles. The number of hydrogen-bond acceptors (Lipinski definition) is 11. The first-order valence-corrected chi connectivity index (χ1v) is 31.8. The van der Waals surface area contributed by atoms with E-state index in [1.807, 2.05) is 53.7 Å². The molecule has 1 saturated heterocycles. The van der Waals surface area contributed by atoms with Gasteiger partial charge in [-0.3, -0.25) is 52.7 Å². The molecule has 11 amide bonds. The Kier molecular flexibility index (Phi) is 29.6. The number of aryl methyl sites for hydroxylation is 2. The van der Waals surface area contributed by atoms with Crippen molar-refractivity contribution in [3.05, 3.63) is 69.7 Å². The van der Waals surface area contributed by atoms with Gasteiger partial charge in [0.1, 0.15) is 41.8 Å². The van der Waals surface area contributed by atoms with Crippen molar-refractivity contribution < 1.29 is 65.9 Å². The molecule has 0 bridgehead atoms. The second-order valence-corrected chi connectivity index (χ2v) is 27.1. The number of rotatable bonds is 13. The Labute approximate surface area is 546 Å². The largest absolute Gasteiger partial charge is 0.417 e. The number of hydrogen-bond donors (Lipinski definition) is 4. The standard InChI is InChI=1S/C66H101ClF3N11O11/c1-20-42(9)57-63(91)77(15)36-55(84)75(13)37-56(85)80(18)52(34-45-23-21-41(8)22-24-45)62(90)76(14)35-53(82)71-48(28-26-44-25-27-46(47(67)33-44)66(68,69)70)58(86)72-50(30-39(4)5)61(89)81(19)65(11,12)64(92)73-49(29-38(2)3)60(88)78(16)43(10)32-54(83)79(17)51(31-40(6)7)59(87)74-57/h21-25,27,33,38-40,42-43,48-52,57H,20,26,28-32,34-37H2,1-19H3,(H,71,82)(H,72,86)(H,73,92)(H,74,87)/t42-,43+,48-,49-,50-,51-,52-,57-/m0/s1. The molecule has 92 heavy (non-hydrogen) atoms. The zero-order valence-corrected chi connectivity index (χ0v) is 58.1. The number of carbonyl (C=O) groups is 11. The van der Waals surface area contributed by atoms with Gasteiger partial charge in [-0.05, 0) is 107 Å². The molecule has 22 nitrogen and oxygen atoms in total. The summed E-state index contributed by atoms with van der Waals surface area (Å²) >= 11 is 6.09. The number of likely N-dealkylation sites (N-methyl/N-ethyl adjacent to an activating group) is 7. The van der Waals surface area contributed by atoms with Crippen molar-refractivity contribution in [2.75, 3.05) is 69.0 Å². The summed E-state index contributed by atoms with van der Waals surface area (Å²) < 4.78 is 41.3. The molecule has 0 spiro atoms. The van der Waals surface area contributed by atoms with Crippen LogP contribution < -0.4 is 21.3 Å². The van der Waals surface area contributed by atoms with Gasteiger partial charge in [-0.2, -0.15) is 13.2 Å². The van der Waals surface area contributed by atoms with Gasteiger partial charge in [0.2, 0.25) is 65.0 Å². The Morgan fingerprint density at radius 1 is 0.576 bits per heavy atom. The van der Waals surface area contributed by atoms with Gasteiger partial charge in [-0.1, -0.05) is 109 Å². The fraction of sp³-hybridized carbons (Fsp3) is 0.652. The lowest BCUT2D eigenvalue weighted by atomic mass is 9.95. The van der Waals surface area contributed by atoms with Crippen LogP contribution in [0.4, 0.5) is 13.2 Å². The number of nitrogens with one attached hydrogen (secondary N) is 4. The smallest absolute Gasteiger partial charge is 0.343 e. The topological polar surface area (TPSA) is 259 Å². The van der Waals surface area contributed by atoms with Crippen molar-refractivity contribution in [2.24, 2.45) is 23.7 Å². The zero-order chi connectivity index (χ0) is 70.2. The molecular formula is C66H101ClF3N11O11. The lowest BCUT2D eigenvalue weighted by molar-refractivity contribution is -0.149. The minimum atomic E-state index is -4.77. The van der Waals surface area contributed by atoms with Gasteiger partial charge in [0.05, 0.1) is 30.2 Å². The van der Waals surface area contributed by atoms with E-state index in [0.717, 1.165) is 42.2 Å². The van der Waals surface area contributed by atoms with E-state index in [-0.39, 0.29) is 68.3 Å². The maximum absolute atomic E-state index is 14.8. The van der Waals surface area contributed by atoms with E-state index in [1.165, 1.54) is 79.0 Å². The third-order valence-electron chi connectivity index (χ3n) is 17.2. The van der Waals surface area contributed by atoms with Gasteiger partial charge in [-0.15, -0.1) is 0 Å². The van der Waals surface area contributed by atoms with Crippen LogP contribution in [0.15, 0.2) is 42.5 Å². The molecule has 2 aromatic carbocycles. The van der Waals surface area contributed by atoms with E-state index in [9.17, 15) is 65.9 Å². The summed E-state index contributed by atoms with van der Waals surface area (Å²) in [5, 5.41) is 10.5. The van der Waals surface area contributed by atoms with Crippen molar-refractivity contribution in [1.82, 2.24) is 55.6 Å². The Morgan fingerprint density at radius 2 is 1.10 bits per heavy atom. The molecule has 0 unspecified atom stereocenters. The van der Waals surface area contributed by atoms with Crippen LogP contribution in [-0.2, 0) is 71.8 Å². The minimum absolute atomic E-state index is 0.0147. The van der Waals surface area contributed by atoms with Crippen LogP contribution in [0.25, 0.3) is 0 Å². The van der Waals surface area contributed by atoms with Gasteiger partial charge < -0.3 is 55.6 Å². The number of nitrogens with zero attached hydrogens (tertiary/aromatic N) is 7. The van der Waals surface area contributed by atoms with Crippen LogP contribution in [0.5, 0.6) is 0 Å². The van der Waals surface area contributed by atoms with E-state index in [4.69, 9.17) is 11.6 Å². The van der Waals surface area contributed by atoms with Gasteiger partial charge in [0.25, 0.3) is 0 Å². The van der Waals surface area contributed by atoms with E-state index in [0.29, 0.717) is 12.0 Å². The lowest BCUT2D eigenvalue weighted by Gasteiger charge is -2.39. The Bertz CT molecular complexity index is 2950. The summed E-state index contributed by atoms with van der Waals surface area (Å²) in [6.45, 7) is 19.2. The molecular weight excluding hydrogens is 1220 g/mol. The molecule has 1 heterocycles. The van der Waals surface area contributed by atoms with Gasteiger partial charge in [0, 0.05) is 68.2 Å².